The SMILES string of the molecule is CCC1(C)NC(=O)N(/N=C/c2c(-c3ccccc3)n(C)c3ccccc23)C1=O. The van der Waals surface area contributed by atoms with E-state index in [-0.39, 0.29) is 5.91 Å². The molecule has 4 rings (SSSR count). The zero-order valence-corrected chi connectivity index (χ0v) is 16.1. The Labute approximate surface area is 163 Å². The van der Waals surface area contributed by atoms with Crippen LogP contribution in [-0.4, -0.2) is 33.3 Å². The van der Waals surface area contributed by atoms with Crippen molar-refractivity contribution in [2.24, 2.45) is 12.1 Å². The third-order valence-electron chi connectivity index (χ3n) is 5.44. The molecule has 1 aliphatic rings. The molecule has 0 saturated carbocycles. The summed E-state index contributed by atoms with van der Waals surface area (Å²) in [7, 11) is 2.00. The summed E-state index contributed by atoms with van der Waals surface area (Å²) in [5.74, 6) is -0.335. The van der Waals surface area contributed by atoms with Crippen LogP contribution in [0.4, 0.5) is 4.79 Å². The van der Waals surface area contributed by atoms with Gasteiger partial charge in [0.1, 0.15) is 5.54 Å². The van der Waals surface area contributed by atoms with Gasteiger partial charge in [-0.1, -0.05) is 55.5 Å². The number of carbonyl (C=O) groups is 2. The maximum Gasteiger partial charge on any atom is 0.346 e. The van der Waals surface area contributed by atoms with E-state index in [0.717, 1.165) is 32.7 Å². The molecule has 1 N–H and O–H groups in total. The number of fused-ring (bicyclic) bond motifs is 1. The topological polar surface area (TPSA) is 66.7 Å². The second-order valence-corrected chi connectivity index (χ2v) is 7.18. The number of aromatic nitrogens is 1. The smallest absolute Gasteiger partial charge is 0.343 e. The van der Waals surface area contributed by atoms with Crippen LogP contribution in [0.3, 0.4) is 0 Å². The number of benzene rings is 2. The molecule has 0 bridgehead atoms. The van der Waals surface area contributed by atoms with Gasteiger partial charge in [-0.05, 0) is 25.0 Å². The van der Waals surface area contributed by atoms with Gasteiger partial charge in [0.25, 0.3) is 5.91 Å². The van der Waals surface area contributed by atoms with Crippen molar-refractivity contribution in [3.63, 3.8) is 0 Å². The molecule has 1 saturated heterocycles. The molecule has 2 heterocycles. The highest BCUT2D eigenvalue weighted by molar-refractivity contribution is 6.10. The molecule has 0 radical (unpaired) electrons. The summed E-state index contributed by atoms with van der Waals surface area (Å²) in [6.07, 6.45) is 2.12. The van der Waals surface area contributed by atoms with E-state index in [0.29, 0.717) is 6.42 Å². The number of amides is 3. The number of rotatable bonds is 4. The number of nitrogens with one attached hydrogen (secondary N) is 1. The fourth-order valence-corrected chi connectivity index (χ4v) is 3.63. The molecule has 2 aromatic carbocycles. The van der Waals surface area contributed by atoms with Crippen LogP contribution in [0.15, 0.2) is 59.7 Å². The maximum atomic E-state index is 12.6. The van der Waals surface area contributed by atoms with Crippen LogP contribution in [0.5, 0.6) is 0 Å². The molecule has 3 amide bonds. The molecular weight excluding hydrogens is 352 g/mol. The lowest BCUT2D eigenvalue weighted by atomic mass is 10.00. The van der Waals surface area contributed by atoms with E-state index in [1.807, 2.05) is 68.6 Å². The minimum atomic E-state index is -0.907. The first-order valence-electron chi connectivity index (χ1n) is 9.30. The van der Waals surface area contributed by atoms with Crippen molar-refractivity contribution < 1.29 is 9.59 Å². The lowest BCUT2D eigenvalue weighted by Crippen LogP contribution is -2.42. The first-order chi connectivity index (χ1) is 13.5. The quantitative estimate of drug-likeness (QED) is 0.556. The molecular formula is C22H22N4O2. The minimum absolute atomic E-state index is 0.335. The molecule has 142 valence electrons. The number of hydrogen-bond donors (Lipinski definition) is 1. The minimum Gasteiger partial charge on any atom is -0.343 e. The third kappa shape index (κ3) is 2.69. The number of para-hydroxylation sites is 1. The average molecular weight is 374 g/mol. The van der Waals surface area contributed by atoms with Gasteiger partial charge < -0.3 is 9.88 Å². The fourth-order valence-electron chi connectivity index (χ4n) is 3.63. The standard InChI is InChI=1S/C22H22N4O2/c1-4-22(2)20(27)26(21(28)24-22)23-14-17-16-12-8-9-13-18(16)25(3)19(17)15-10-6-5-7-11-15/h5-14H,4H2,1-3H3,(H,24,28)/b23-14+. The van der Waals surface area contributed by atoms with E-state index >= 15 is 0 Å². The number of hydrazone groups is 1. The number of aryl methyl sites for hydroxylation is 1. The Hall–Kier alpha value is -3.41. The molecule has 1 fully saturated rings. The average Bonchev–Trinajstić information content (AvgIpc) is 3.12. The van der Waals surface area contributed by atoms with E-state index in [2.05, 4.69) is 15.0 Å². The summed E-state index contributed by atoms with van der Waals surface area (Å²) < 4.78 is 2.11. The molecule has 1 aromatic heterocycles. The van der Waals surface area contributed by atoms with Crippen LogP contribution in [0.1, 0.15) is 25.8 Å². The van der Waals surface area contributed by atoms with E-state index in [1.54, 1.807) is 13.1 Å². The monoisotopic (exact) mass is 374 g/mol. The molecule has 1 unspecified atom stereocenters. The van der Waals surface area contributed by atoms with Crippen LogP contribution in [0.2, 0.25) is 0 Å². The summed E-state index contributed by atoms with van der Waals surface area (Å²) >= 11 is 0. The van der Waals surface area contributed by atoms with Crippen molar-refractivity contribution in [2.75, 3.05) is 0 Å². The number of imide groups is 1. The van der Waals surface area contributed by atoms with Gasteiger partial charge in [0.2, 0.25) is 0 Å². The zero-order valence-electron chi connectivity index (χ0n) is 16.1. The second-order valence-electron chi connectivity index (χ2n) is 7.18. The number of carbonyl (C=O) groups excluding carboxylic acids is 2. The predicted molar refractivity (Wildman–Crippen MR) is 110 cm³/mol. The molecule has 0 aliphatic carbocycles. The third-order valence-corrected chi connectivity index (χ3v) is 5.44. The van der Waals surface area contributed by atoms with Crippen LogP contribution in [-0.2, 0) is 11.8 Å². The summed E-state index contributed by atoms with van der Waals surface area (Å²) in [6.45, 7) is 3.58. The van der Waals surface area contributed by atoms with Crippen LogP contribution in [0, 0.1) is 0 Å². The van der Waals surface area contributed by atoms with Crippen molar-refractivity contribution in [1.29, 1.82) is 0 Å². The largest absolute Gasteiger partial charge is 0.346 e. The van der Waals surface area contributed by atoms with Gasteiger partial charge in [0, 0.05) is 23.5 Å². The van der Waals surface area contributed by atoms with Crippen molar-refractivity contribution in [3.05, 3.63) is 60.2 Å². The van der Waals surface area contributed by atoms with Gasteiger partial charge in [-0.3, -0.25) is 4.79 Å². The lowest BCUT2D eigenvalue weighted by Gasteiger charge is -2.17. The Morgan fingerprint density at radius 1 is 1.07 bits per heavy atom. The summed E-state index contributed by atoms with van der Waals surface area (Å²) in [6, 6.07) is 17.5. The second kappa shape index (κ2) is 6.64. The molecule has 6 nitrogen and oxygen atoms in total. The molecule has 3 aromatic rings. The highest BCUT2D eigenvalue weighted by Crippen LogP contribution is 2.32. The van der Waals surface area contributed by atoms with E-state index in [4.69, 9.17) is 0 Å². The van der Waals surface area contributed by atoms with Gasteiger partial charge in [-0.15, -0.1) is 5.01 Å². The molecule has 1 aliphatic heterocycles. The van der Waals surface area contributed by atoms with Crippen LogP contribution >= 0.6 is 0 Å². The van der Waals surface area contributed by atoms with E-state index in [1.165, 1.54) is 0 Å². The first kappa shape index (κ1) is 18.0. The summed E-state index contributed by atoms with van der Waals surface area (Å²) in [4.78, 5) is 24.9. The Morgan fingerprint density at radius 2 is 1.75 bits per heavy atom. The normalized spacial score (nSPS) is 19.8. The van der Waals surface area contributed by atoms with Crippen molar-refractivity contribution in [3.8, 4) is 11.3 Å². The Bertz CT molecular complexity index is 1100. The van der Waals surface area contributed by atoms with E-state index in [9.17, 15) is 9.59 Å². The summed E-state index contributed by atoms with van der Waals surface area (Å²) in [5, 5.41) is 8.95. The summed E-state index contributed by atoms with van der Waals surface area (Å²) in [5.41, 5.74) is 3.04. The van der Waals surface area contributed by atoms with Crippen LogP contribution in [0.25, 0.3) is 22.2 Å². The number of urea groups is 1. The number of nitrogens with zero attached hydrogens (tertiary/aromatic N) is 3. The maximum absolute atomic E-state index is 12.6. The van der Waals surface area contributed by atoms with Crippen molar-refractivity contribution in [1.82, 2.24) is 14.9 Å². The predicted octanol–water partition coefficient (Wildman–Crippen LogP) is 3.90. The van der Waals surface area contributed by atoms with Gasteiger partial charge in [-0.2, -0.15) is 5.10 Å². The van der Waals surface area contributed by atoms with Gasteiger partial charge in [0.05, 0.1) is 11.9 Å². The lowest BCUT2D eigenvalue weighted by molar-refractivity contribution is -0.130. The zero-order chi connectivity index (χ0) is 19.9. The first-order valence-corrected chi connectivity index (χ1v) is 9.30. The van der Waals surface area contributed by atoms with Crippen LogP contribution < -0.4 is 5.32 Å². The Morgan fingerprint density at radius 3 is 2.43 bits per heavy atom. The van der Waals surface area contributed by atoms with Gasteiger partial charge >= 0.3 is 6.03 Å². The molecule has 28 heavy (non-hydrogen) atoms. The van der Waals surface area contributed by atoms with Crippen molar-refractivity contribution in [2.45, 2.75) is 25.8 Å². The fraction of sp³-hybridized carbons (Fsp3) is 0.227. The van der Waals surface area contributed by atoms with E-state index < -0.39 is 11.6 Å². The molecule has 1 atom stereocenters. The Balaban J connectivity index is 1.84. The van der Waals surface area contributed by atoms with Crippen molar-refractivity contribution >= 4 is 29.1 Å². The highest BCUT2D eigenvalue weighted by Gasteiger charge is 2.46. The number of hydrogen-bond acceptors (Lipinski definition) is 3. The van der Waals surface area contributed by atoms with Gasteiger partial charge in [-0.25, -0.2) is 4.79 Å². The van der Waals surface area contributed by atoms with Gasteiger partial charge in [0.15, 0.2) is 0 Å². The Kier molecular flexibility index (Phi) is 4.26. The highest BCUT2D eigenvalue weighted by atomic mass is 16.2. The molecule has 6 heteroatoms. The molecule has 0 spiro atoms.